The lowest BCUT2D eigenvalue weighted by atomic mass is 10.1. The molecule has 6 heteroatoms. The summed E-state index contributed by atoms with van der Waals surface area (Å²) in [5.74, 6) is 0. The van der Waals surface area contributed by atoms with Crippen molar-refractivity contribution in [1.82, 2.24) is 15.5 Å². The van der Waals surface area contributed by atoms with Crippen LogP contribution in [0.5, 0.6) is 0 Å². The van der Waals surface area contributed by atoms with Crippen LogP contribution in [0, 0.1) is 0 Å². The summed E-state index contributed by atoms with van der Waals surface area (Å²) < 4.78 is 5.83. The number of ether oxygens (including phenoxy) is 1. The lowest BCUT2D eigenvalue weighted by Crippen LogP contribution is -2.51. The lowest BCUT2D eigenvalue weighted by molar-refractivity contribution is -0.0457. The third-order valence-electron chi connectivity index (χ3n) is 4.59. The molecule has 2 fully saturated rings. The summed E-state index contributed by atoms with van der Waals surface area (Å²) in [7, 11) is 0. The number of nitrogens with zero attached hydrogens (tertiary/aromatic N) is 1. The number of halogens is 1. The van der Waals surface area contributed by atoms with E-state index in [2.05, 4.69) is 15.5 Å². The first-order valence-electron chi connectivity index (χ1n) is 8.33. The topological polar surface area (TPSA) is 53.6 Å². The smallest absolute Gasteiger partial charge is 0.314 e. The maximum atomic E-state index is 11.9. The SMILES string of the molecule is O=C(NCCc1ccccc1Cl)NC[C@@H]1CN2CCC[C@H]2CO1. The normalized spacial score (nSPS) is 24.2. The van der Waals surface area contributed by atoms with Crippen molar-refractivity contribution in [3.8, 4) is 0 Å². The van der Waals surface area contributed by atoms with Gasteiger partial charge in [0.05, 0.1) is 12.7 Å². The number of nitrogens with one attached hydrogen (secondary N) is 2. The van der Waals surface area contributed by atoms with Crippen LogP contribution in [-0.2, 0) is 11.2 Å². The Morgan fingerprint density at radius 3 is 3.09 bits per heavy atom. The van der Waals surface area contributed by atoms with Gasteiger partial charge in [0, 0.05) is 30.7 Å². The van der Waals surface area contributed by atoms with Gasteiger partial charge in [-0.05, 0) is 37.4 Å². The predicted molar refractivity (Wildman–Crippen MR) is 90.9 cm³/mol. The third-order valence-corrected chi connectivity index (χ3v) is 4.96. The molecule has 1 aromatic rings. The van der Waals surface area contributed by atoms with E-state index < -0.39 is 0 Å². The van der Waals surface area contributed by atoms with Crippen LogP contribution >= 0.6 is 11.6 Å². The number of rotatable bonds is 5. The molecular formula is C17H24ClN3O2. The first-order chi connectivity index (χ1) is 11.2. The van der Waals surface area contributed by atoms with E-state index in [0.717, 1.165) is 36.7 Å². The molecule has 0 saturated carbocycles. The molecule has 3 rings (SSSR count). The monoisotopic (exact) mass is 337 g/mol. The van der Waals surface area contributed by atoms with Crippen molar-refractivity contribution in [2.75, 3.05) is 32.8 Å². The molecule has 0 spiro atoms. The molecule has 0 bridgehead atoms. The Balaban J connectivity index is 1.33. The molecule has 23 heavy (non-hydrogen) atoms. The molecule has 2 N–H and O–H groups in total. The Hall–Kier alpha value is -1.30. The number of carbonyl (C=O) groups is 1. The fourth-order valence-electron chi connectivity index (χ4n) is 3.29. The second-order valence-corrected chi connectivity index (χ2v) is 6.63. The third kappa shape index (κ3) is 4.59. The van der Waals surface area contributed by atoms with Crippen molar-refractivity contribution in [3.05, 3.63) is 34.9 Å². The summed E-state index contributed by atoms with van der Waals surface area (Å²) in [6.07, 6.45) is 3.32. The first kappa shape index (κ1) is 16.6. The number of amides is 2. The highest BCUT2D eigenvalue weighted by Crippen LogP contribution is 2.22. The van der Waals surface area contributed by atoms with Crippen LogP contribution in [-0.4, -0.2) is 55.9 Å². The number of fused-ring (bicyclic) bond motifs is 1. The van der Waals surface area contributed by atoms with Crippen molar-refractivity contribution in [2.24, 2.45) is 0 Å². The largest absolute Gasteiger partial charge is 0.373 e. The number of benzene rings is 1. The molecule has 0 aromatic heterocycles. The van der Waals surface area contributed by atoms with Crippen LogP contribution in [0.3, 0.4) is 0 Å². The van der Waals surface area contributed by atoms with Crippen molar-refractivity contribution in [2.45, 2.75) is 31.4 Å². The lowest BCUT2D eigenvalue weighted by Gasteiger charge is -2.35. The maximum absolute atomic E-state index is 11.9. The Bertz CT molecular complexity index is 540. The number of carbonyl (C=O) groups excluding carboxylic acids is 1. The van der Waals surface area contributed by atoms with Gasteiger partial charge in [0.15, 0.2) is 0 Å². The zero-order valence-electron chi connectivity index (χ0n) is 13.3. The molecule has 2 amide bonds. The van der Waals surface area contributed by atoms with E-state index in [1.165, 1.54) is 12.8 Å². The Morgan fingerprint density at radius 1 is 1.35 bits per heavy atom. The average Bonchev–Trinajstić information content (AvgIpc) is 3.02. The summed E-state index contributed by atoms with van der Waals surface area (Å²) in [6.45, 7) is 4.00. The Kier molecular flexibility index (Phi) is 5.75. The van der Waals surface area contributed by atoms with Gasteiger partial charge in [-0.3, -0.25) is 4.90 Å². The molecule has 2 aliphatic heterocycles. The standard InChI is InChI=1S/C17H24ClN3O2/c18-16-6-2-1-4-13(16)7-8-19-17(22)20-10-15-11-21-9-3-5-14(21)12-23-15/h1-2,4,6,14-15H,3,5,7-12H2,(H2,19,20,22)/t14-,15+/m0/s1. The molecule has 2 saturated heterocycles. The van der Waals surface area contributed by atoms with Crippen molar-refractivity contribution < 1.29 is 9.53 Å². The molecule has 2 aliphatic rings. The predicted octanol–water partition coefficient (Wildman–Crippen LogP) is 2.04. The Labute approximate surface area is 142 Å². The molecule has 5 nitrogen and oxygen atoms in total. The van der Waals surface area contributed by atoms with E-state index in [9.17, 15) is 4.79 Å². The van der Waals surface area contributed by atoms with Crippen LogP contribution in [0.4, 0.5) is 4.79 Å². The summed E-state index contributed by atoms with van der Waals surface area (Å²) in [4.78, 5) is 14.3. The summed E-state index contributed by atoms with van der Waals surface area (Å²) >= 11 is 6.10. The maximum Gasteiger partial charge on any atom is 0.314 e. The van der Waals surface area contributed by atoms with Gasteiger partial charge in [-0.2, -0.15) is 0 Å². The molecule has 0 unspecified atom stereocenters. The van der Waals surface area contributed by atoms with E-state index in [4.69, 9.17) is 16.3 Å². The first-order valence-corrected chi connectivity index (χ1v) is 8.71. The molecular weight excluding hydrogens is 314 g/mol. The van der Waals surface area contributed by atoms with Crippen molar-refractivity contribution >= 4 is 17.6 Å². The molecule has 2 atom stereocenters. The minimum absolute atomic E-state index is 0.0960. The van der Waals surface area contributed by atoms with E-state index in [0.29, 0.717) is 19.1 Å². The van der Waals surface area contributed by atoms with Crippen LogP contribution in [0.1, 0.15) is 18.4 Å². The molecule has 1 aromatic carbocycles. The van der Waals surface area contributed by atoms with Gasteiger partial charge in [-0.25, -0.2) is 4.79 Å². The molecule has 0 radical (unpaired) electrons. The second-order valence-electron chi connectivity index (χ2n) is 6.22. The summed E-state index contributed by atoms with van der Waals surface area (Å²) in [5, 5.41) is 6.51. The number of urea groups is 1. The van der Waals surface area contributed by atoms with E-state index in [-0.39, 0.29) is 12.1 Å². The number of hydrogen-bond acceptors (Lipinski definition) is 3. The number of hydrogen-bond donors (Lipinski definition) is 2. The van der Waals surface area contributed by atoms with E-state index in [1.807, 2.05) is 24.3 Å². The van der Waals surface area contributed by atoms with Gasteiger partial charge < -0.3 is 15.4 Å². The van der Waals surface area contributed by atoms with Crippen molar-refractivity contribution in [1.29, 1.82) is 0 Å². The van der Waals surface area contributed by atoms with Gasteiger partial charge in [0.2, 0.25) is 0 Å². The van der Waals surface area contributed by atoms with Gasteiger partial charge in [-0.1, -0.05) is 29.8 Å². The summed E-state index contributed by atoms with van der Waals surface area (Å²) in [6, 6.07) is 8.14. The Morgan fingerprint density at radius 2 is 2.22 bits per heavy atom. The fraction of sp³-hybridized carbons (Fsp3) is 0.588. The second kappa shape index (κ2) is 7.99. The number of morpholine rings is 1. The van der Waals surface area contributed by atoms with Gasteiger partial charge in [0.1, 0.15) is 0 Å². The van der Waals surface area contributed by atoms with Gasteiger partial charge in [0.25, 0.3) is 0 Å². The van der Waals surface area contributed by atoms with Crippen LogP contribution in [0.25, 0.3) is 0 Å². The highest BCUT2D eigenvalue weighted by molar-refractivity contribution is 6.31. The minimum atomic E-state index is -0.149. The fourth-order valence-corrected chi connectivity index (χ4v) is 3.52. The average molecular weight is 338 g/mol. The van der Waals surface area contributed by atoms with Gasteiger partial charge >= 0.3 is 6.03 Å². The van der Waals surface area contributed by atoms with Crippen LogP contribution < -0.4 is 10.6 Å². The zero-order valence-corrected chi connectivity index (χ0v) is 14.0. The van der Waals surface area contributed by atoms with Gasteiger partial charge in [-0.15, -0.1) is 0 Å². The molecule has 126 valence electrons. The highest BCUT2D eigenvalue weighted by Gasteiger charge is 2.32. The van der Waals surface area contributed by atoms with Crippen molar-refractivity contribution in [3.63, 3.8) is 0 Å². The van der Waals surface area contributed by atoms with E-state index >= 15 is 0 Å². The molecule has 0 aliphatic carbocycles. The summed E-state index contributed by atoms with van der Waals surface area (Å²) in [5.41, 5.74) is 1.05. The minimum Gasteiger partial charge on any atom is -0.373 e. The van der Waals surface area contributed by atoms with Crippen LogP contribution in [0.15, 0.2) is 24.3 Å². The molecule has 2 heterocycles. The zero-order chi connectivity index (χ0) is 16.1. The quantitative estimate of drug-likeness (QED) is 0.864. The highest BCUT2D eigenvalue weighted by atomic mass is 35.5. The van der Waals surface area contributed by atoms with E-state index in [1.54, 1.807) is 0 Å². The van der Waals surface area contributed by atoms with Crippen LogP contribution in [0.2, 0.25) is 5.02 Å².